The van der Waals surface area contributed by atoms with Crippen LogP contribution in [0, 0.1) is 0 Å². The molecule has 42 heavy (non-hydrogen) atoms. The highest BCUT2D eigenvalue weighted by Gasteiger charge is 2.43. The van der Waals surface area contributed by atoms with Gasteiger partial charge in [0.05, 0.1) is 6.42 Å². The predicted octanol–water partition coefficient (Wildman–Crippen LogP) is 5.37. The summed E-state index contributed by atoms with van der Waals surface area (Å²) < 4.78 is 5.64. The summed E-state index contributed by atoms with van der Waals surface area (Å²) >= 11 is 1.51. The fraction of sp³-hybridized carbons (Fsp3) is 0.212. The first-order chi connectivity index (χ1) is 20.6. The van der Waals surface area contributed by atoms with Gasteiger partial charge >= 0.3 is 6.09 Å². The molecule has 2 N–H and O–H groups in total. The Bertz CT molecular complexity index is 1470. The maximum Gasteiger partial charge on any atom is 0.412 e. The van der Waals surface area contributed by atoms with Gasteiger partial charge in [-0.15, -0.1) is 11.8 Å². The summed E-state index contributed by atoms with van der Waals surface area (Å²) in [6.07, 6.45) is 3.80. The van der Waals surface area contributed by atoms with E-state index in [4.69, 9.17) is 4.74 Å². The number of carbonyl (C=O) groups excluding carboxylic acids is 3. The minimum atomic E-state index is -0.730. The molecule has 3 amide bonds. The zero-order valence-corrected chi connectivity index (χ0v) is 23.8. The molecule has 2 atom stereocenters. The Morgan fingerprint density at radius 2 is 1.50 bits per heavy atom. The number of amides is 3. The second-order valence-electron chi connectivity index (χ2n) is 9.88. The van der Waals surface area contributed by atoms with Crippen LogP contribution in [0.15, 0.2) is 109 Å². The van der Waals surface area contributed by atoms with E-state index in [2.05, 4.69) is 15.6 Å². The van der Waals surface area contributed by atoms with Gasteiger partial charge in [-0.2, -0.15) is 0 Å². The molecule has 9 heteroatoms. The second kappa shape index (κ2) is 14.3. The summed E-state index contributed by atoms with van der Waals surface area (Å²) in [5.74, 6) is 0.0557. The van der Waals surface area contributed by atoms with E-state index in [0.717, 1.165) is 23.1 Å². The van der Waals surface area contributed by atoms with E-state index in [0.29, 0.717) is 18.0 Å². The molecule has 2 heterocycles. The van der Waals surface area contributed by atoms with Crippen LogP contribution < -0.4 is 10.6 Å². The lowest BCUT2D eigenvalue weighted by Crippen LogP contribution is -2.45. The molecule has 0 aliphatic carbocycles. The third-order valence-electron chi connectivity index (χ3n) is 6.88. The number of carbonyl (C=O) groups is 3. The normalized spacial score (nSPS) is 16.0. The van der Waals surface area contributed by atoms with Crippen LogP contribution in [0.25, 0.3) is 0 Å². The number of ether oxygens (including phenoxy) is 1. The van der Waals surface area contributed by atoms with E-state index in [9.17, 15) is 14.4 Å². The highest BCUT2D eigenvalue weighted by atomic mass is 32.2. The second-order valence-corrected chi connectivity index (χ2v) is 11.0. The molecule has 4 aromatic rings. The van der Waals surface area contributed by atoms with Gasteiger partial charge in [0.15, 0.2) is 0 Å². The first-order valence-electron chi connectivity index (χ1n) is 13.8. The Morgan fingerprint density at radius 1 is 0.833 bits per heavy atom. The van der Waals surface area contributed by atoms with Gasteiger partial charge in [-0.25, -0.2) is 4.79 Å². The largest absolute Gasteiger partial charge is 0.444 e. The summed E-state index contributed by atoms with van der Waals surface area (Å²) in [5.41, 5.74) is 4.33. The average molecular weight is 581 g/mol. The molecule has 1 fully saturated rings. The summed E-state index contributed by atoms with van der Waals surface area (Å²) in [6, 6.07) is 29.6. The molecule has 1 aromatic heterocycles. The van der Waals surface area contributed by atoms with Crippen molar-refractivity contribution in [2.24, 2.45) is 0 Å². The predicted molar refractivity (Wildman–Crippen MR) is 164 cm³/mol. The minimum Gasteiger partial charge on any atom is -0.444 e. The van der Waals surface area contributed by atoms with Crippen LogP contribution in [0.2, 0.25) is 0 Å². The standard InChI is InChI=1S/C33H32N4O4S/c38-30(35-20-15-24-7-3-1-4-8-24)21-25-11-13-28(14-12-25)36-31(39)29-23-42-32(27-16-18-34-19-17-27)37(29)33(40)41-22-26-9-5-2-6-10-26/h1-14,16-19,29,32H,15,20-23H2,(H,35,38)(H,36,39)/t29-,32?/m0/s1. The number of hydrogen-bond donors (Lipinski definition) is 2. The molecule has 1 aliphatic rings. The molecule has 1 unspecified atom stereocenters. The number of thioether (sulfide) groups is 1. The number of anilines is 1. The quantitative estimate of drug-likeness (QED) is 0.262. The van der Waals surface area contributed by atoms with Gasteiger partial charge in [0, 0.05) is 30.4 Å². The Hall–Kier alpha value is -4.63. The molecule has 0 saturated carbocycles. The zero-order valence-electron chi connectivity index (χ0n) is 23.0. The third kappa shape index (κ3) is 7.76. The van der Waals surface area contributed by atoms with Gasteiger partial charge in [0.25, 0.3) is 0 Å². The van der Waals surface area contributed by atoms with E-state index in [1.807, 2.05) is 84.9 Å². The molecular weight excluding hydrogens is 548 g/mol. The van der Waals surface area contributed by atoms with Crippen molar-refractivity contribution in [2.75, 3.05) is 17.6 Å². The molecule has 0 bridgehead atoms. The number of rotatable bonds is 10. The first kappa shape index (κ1) is 28.9. The number of pyridine rings is 1. The van der Waals surface area contributed by atoms with Gasteiger partial charge in [-0.1, -0.05) is 72.8 Å². The van der Waals surface area contributed by atoms with Crippen molar-refractivity contribution in [2.45, 2.75) is 30.9 Å². The number of benzene rings is 3. The molecule has 214 valence electrons. The summed E-state index contributed by atoms with van der Waals surface area (Å²) in [4.78, 5) is 44.7. The minimum absolute atomic E-state index is 0.0579. The van der Waals surface area contributed by atoms with Crippen LogP contribution >= 0.6 is 11.8 Å². The van der Waals surface area contributed by atoms with Crippen molar-refractivity contribution < 1.29 is 19.1 Å². The van der Waals surface area contributed by atoms with Crippen molar-refractivity contribution >= 4 is 35.4 Å². The average Bonchev–Trinajstić information content (AvgIpc) is 3.48. The first-order valence-corrected chi connectivity index (χ1v) is 14.8. The topological polar surface area (TPSA) is 101 Å². The van der Waals surface area contributed by atoms with E-state index < -0.39 is 12.1 Å². The van der Waals surface area contributed by atoms with Gasteiger partial charge in [-0.3, -0.25) is 19.5 Å². The van der Waals surface area contributed by atoms with Crippen LogP contribution in [0.3, 0.4) is 0 Å². The van der Waals surface area contributed by atoms with Crippen molar-refractivity contribution in [1.82, 2.24) is 15.2 Å². The number of aromatic nitrogens is 1. The molecule has 1 saturated heterocycles. The Kier molecular flexibility index (Phi) is 9.85. The van der Waals surface area contributed by atoms with Crippen LogP contribution in [-0.4, -0.2) is 46.1 Å². The van der Waals surface area contributed by atoms with Crippen molar-refractivity contribution in [3.8, 4) is 0 Å². The SMILES string of the molecule is O=C(Cc1ccc(NC(=O)[C@@H]2CSC(c3ccncc3)N2C(=O)OCc2ccccc2)cc1)NCCc1ccccc1. The van der Waals surface area contributed by atoms with E-state index in [1.54, 1.807) is 24.5 Å². The highest BCUT2D eigenvalue weighted by molar-refractivity contribution is 7.99. The number of hydrogen-bond acceptors (Lipinski definition) is 6. The lowest BCUT2D eigenvalue weighted by atomic mass is 10.1. The maximum absolute atomic E-state index is 13.4. The Morgan fingerprint density at radius 3 is 2.19 bits per heavy atom. The molecule has 1 aliphatic heterocycles. The Labute approximate surface area is 249 Å². The number of nitrogens with zero attached hydrogens (tertiary/aromatic N) is 2. The molecule has 0 spiro atoms. The van der Waals surface area contributed by atoms with E-state index in [1.165, 1.54) is 22.2 Å². The molecular formula is C33H32N4O4S. The van der Waals surface area contributed by atoms with Crippen LogP contribution in [0.5, 0.6) is 0 Å². The van der Waals surface area contributed by atoms with E-state index >= 15 is 0 Å². The fourth-order valence-electron chi connectivity index (χ4n) is 4.68. The molecule has 8 nitrogen and oxygen atoms in total. The summed E-state index contributed by atoms with van der Waals surface area (Å²) in [5, 5.41) is 5.51. The van der Waals surface area contributed by atoms with E-state index in [-0.39, 0.29) is 30.2 Å². The molecule has 5 rings (SSSR count). The zero-order chi connectivity index (χ0) is 29.1. The van der Waals surface area contributed by atoms with Gasteiger partial charge in [0.1, 0.15) is 18.0 Å². The van der Waals surface area contributed by atoms with Gasteiger partial charge < -0.3 is 15.4 Å². The lowest BCUT2D eigenvalue weighted by Gasteiger charge is -2.28. The molecule has 0 radical (unpaired) electrons. The highest BCUT2D eigenvalue weighted by Crippen LogP contribution is 2.42. The smallest absolute Gasteiger partial charge is 0.412 e. The number of nitrogens with one attached hydrogen (secondary N) is 2. The molecule has 3 aromatic carbocycles. The van der Waals surface area contributed by atoms with Gasteiger partial charge in [-0.05, 0) is 52.9 Å². The van der Waals surface area contributed by atoms with Crippen molar-refractivity contribution in [1.29, 1.82) is 0 Å². The Balaban J connectivity index is 1.18. The lowest BCUT2D eigenvalue weighted by molar-refractivity contribution is -0.121. The fourth-order valence-corrected chi connectivity index (χ4v) is 6.10. The monoisotopic (exact) mass is 580 g/mol. The maximum atomic E-state index is 13.4. The summed E-state index contributed by atoms with van der Waals surface area (Å²) in [6.45, 7) is 0.681. The third-order valence-corrected chi connectivity index (χ3v) is 8.20. The van der Waals surface area contributed by atoms with Crippen LogP contribution in [0.4, 0.5) is 10.5 Å². The van der Waals surface area contributed by atoms with Crippen molar-refractivity contribution in [3.63, 3.8) is 0 Å². The van der Waals surface area contributed by atoms with Crippen LogP contribution in [-0.2, 0) is 33.8 Å². The van der Waals surface area contributed by atoms with Crippen molar-refractivity contribution in [3.05, 3.63) is 132 Å². The van der Waals surface area contributed by atoms with Crippen LogP contribution in [0.1, 0.15) is 27.6 Å². The van der Waals surface area contributed by atoms with Gasteiger partial charge in [0.2, 0.25) is 11.8 Å². The summed E-state index contributed by atoms with van der Waals surface area (Å²) in [7, 11) is 0.